The van der Waals surface area contributed by atoms with Crippen LogP contribution in [-0.2, 0) is 21.9 Å². The molecule has 168 valence electrons. The predicted octanol–water partition coefficient (Wildman–Crippen LogP) is 4.91. The zero-order valence-corrected chi connectivity index (χ0v) is 20.1. The van der Waals surface area contributed by atoms with Gasteiger partial charge < -0.3 is 15.0 Å². The molecule has 0 unspecified atom stereocenters. The Kier molecular flexibility index (Phi) is 10.2. The standard InChI is InChI=1S/C24H31ClN2O3S/c1-5-17(2)26-24(29)18(3)27(14-19-6-10-21(25)11-7-19)23(28)16-31-15-20-8-12-22(30-4)13-9-20/h6-13,17-18H,5,14-16H2,1-4H3,(H,26,29)/t17-,18-/m0/s1. The molecule has 0 bridgehead atoms. The van der Waals surface area contributed by atoms with E-state index >= 15 is 0 Å². The van der Waals surface area contributed by atoms with Crippen LogP contribution in [0.1, 0.15) is 38.3 Å². The number of halogens is 1. The number of nitrogens with zero attached hydrogens (tertiary/aromatic N) is 1. The number of thioether (sulfide) groups is 1. The van der Waals surface area contributed by atoms with Crippen LogP contribution in [0.25, 0.3) is 0 Å². The zero-order valence-electron chi connectivity index (χ0n) is 18.6. The van der Waals surface area contributed by atoms with Crippen LogP contribution in [-0.4, -0.2) is 41.7 Å². The minimum absolute atomic E-state index is 0.0619. The maximum absolute atomic E-state index is 13.1. The number of amides is 2. The second-order valence-electron chi connectivity index (χ2n) is 7.48. The van der Waals surface area contributed by atoms with Crippen molar-refractivity contribution >= 4 is 35.2 Å². The van der Waals surface area contributed by atoms with Gasteiger partial charge in [0.25, 0.3) is 0 Å². The second-order valence-corrected chi connectivity index (χ2v) is 8.90. The Morgan fingerprint density at radius 2 is 1.68 bits per heavy atom. The average Bonchev–Trinajstić information content (AvgIpc) is 2.78. The molecule has 2 rings (SSSR count). The summed E-state index contributed by atoms with van der Waals surface area (Å²) in [7, 11) is 1.64. The molecule has 2 aromatic rings. The summed E-state index contributed by atoms with van der Waals surface area (Å²) in [4.78, 5) is 27.4. The summed E-state index contributed by atoms with van der Waals surface area (Å²) in [5.41, 5.74) is 2.05. The van der Waals surface area contributed by atoms with E-state index in [1.54, 1.807) is 31.1 Å². The van der Waals surface area contributed by atoms with Crippen molar-refractivity contribution in [2.45, 2.75) is 51.6 Å². The third-order valence-corrected chi connectivity index (χ3v) is 6.33. The number of carbonyl (C=O) groups excluding carboxylic acids is 2. The Bertz CT molecular complexity index is 843. The Morgan fingerprint density at radius 3 is 2.26 bits per heavy atom. The molecule has 0 aliphatic carbocycles. The normalized spacial score (nSPS) is 12.7. The highest BCUT2D eigenvalue weighted by molar-refractivity contribution is 7.99. The lowest BCUT2D eigenvalue weighted by molar-refractivity contribution is -0.138. The van der Waals surface area contributed by atoms with E-state index in [-0.39, 0.29) is 17.9 Å². The minimum Gasteiger partial charge on any atom is -0.497 e. The third-order valence-electron chi connectivity index (χ3n) is 5.09. The van der Waals surface area contributed by atoms with Gasteiger partial charge in [0.2, 0.25) is 11.8 Å². The molecular formula is C24H31ClN2O3S. The number of carbonyl (C=O) groups is 2. The molecule has 0 spiro atoms. The molecule has 7 heteroatoms. The average molecular weight is 463 g/mol. The SMILES string of the molecule is CC[C@H](C)NC(=O)[C@H](C)N(Cc1ccc(Cl)cc1)C(=O)CSCc1ccc(OC)cc1. The first-order chi connectivity index (χ1) is 14.8. The van der Waals surface area contributed by atoms with E-state index < -0.39 is 6.04 Å². The number of benzene rings is 2. The summed E-state index contributed by atoms with van der Waals surface area (Å²) in [5, 5.41) is 3.62. The van der Waals surface area contributed by atoms with Gasteiger partial charge in [0.15, 0.2) is 0 Å². The molecule has 0 saturated carbocycles. The van der Waals surface area contributed by atoms with Crippen LogP contribution in [0.2, 0.25) is 5.02 Å². The van der Waals surface area contributed by atoms with Gasteiger partial charge in [0.1, 0.15) is 11.8 Å². The minimum atomic E-state index is -0.571. The van der Waals surface area contributed by atoms with Gasteiger partial charge in [0, 0.05) is 23.4 Å². The highest BCUT2D eigenvalue weighted by Crippen LogP contribution is 2.19. The van der Waals surface area contributed by atoms with Gasteiger partial charge in [-0.1, -0.05) is 42.8 Å². The fraction of sp³-hybridized carbons (Fsp3) is 0.417. The molecular weight excluding hydrogens is 432 g/mol. The van der Waals surface area contributed by atoms with Crippen molar-refractivity contribution in [3.05, 3.63) is 64.7 Å². The van der Waals surface area contributed by atoms with Gasteiger partial charge >= 0.3 is 0 Å². The molecule has 2 amide bonds. The Morgan fingerprint density at radius 1 is 1.06 bits per heavy atom. The molecule has 0 fully saturated rings. The topological polar surface area (TPSA) is 58.6 Å². The first-order valence-electron chi connectivity index (χ1n) is 10.4. The summed E-state index contributed by atoms with van der Waals surface area (Å²) in [6.45, 7) is 6.11. The quantitative estimate of drug-likeness (QED) is 0.515. The number of hydrogen-bond donors (Lipinski definition) is 1. The molecule has 31 heavy (non-hydrogen) atoms. The van der Waals surface area contributed by atoms with Crippen molar-refractivity contribution < 1.29 is 14.3 Å². The third kappa shape index (κ3) is 8.11. The van der Waals surface area contributed by atoms with Crippen molar-refractivity contribution in [1.29, 1.82) is 0 Å². The van der Waals surface area contributed by atoms with Crippen LogP contribution in [0, 0.1) is 0 Å². The van der Waals surface area contributed by atoms with Crippen molar-refractivity contribution in [2.24, 2.45) is 0 Å². The monoisotopic (exact) mass is 462 g/mol. The van der Waals surface area contributed by atoms with E-state index in [0.717, 1.165) is 23.3 Å². The number of ether oxygens (including phenoxy) is 1. The highest BCUT2D eigenvalue weighted by atomic mass is 35.5. The maximum Gasteiger partial charge on any atom is 0.242 e. The van der Waals surface area contributed by atoms with Crippen LogP contribution in [0.3, 0.4) is 0 Å². The molecule has 0 aliphatic heterocycles. The first kappa shape index (κ1) is 25.1. The lowest BCUT2D eigenvalue weighted by atomic mass is 10.1. The molecule has 5 nitrogen and oxygen atoms in total. The van der Waals surface area contributed by atoms with E-state index in [9.17, 15) is 9.59 Å². The number of hydrogen-bond acceptors (Lipinski definition) is 4. The molecule has 0 saturated heterocycles. The molecule has 0 heterocycles. The van der Waals surface area contributed by atoms with Gasteiger partial charge in [-0.15, -0.1) is 11.8 Å². The molecule has 0 aromatic heterocycles. The smallest absolute Gasteiger partial charge is 0.242 e. The molecule has 1 N–H and O–H groups in total. The maximum atomic E-state index is 13.1. The van der Waals surface area contributed by atoms with E-state index in [1.165, 1.54) is 11.8 Å². The Labute approximate surface area is 194 Å². The second kappa shape index (κ2) is 12.6. The fourth-order valence-electron chi connectivity index (χ4n) is 2.90. The van der Waals surface area contributed by atoms with E-state index in [0.29, 0.717) is 23.1 Å². The van der Waals surface area contributed by atoms with Crippen LogP contribution >= 0.6 is 23.4 Å². The molecule has 0 radical (unpaired) electrons. The largest absolute Gasteiger partial charge is 0.497 e. The number of nitrogens with one attached hydrogen (secondary N) is 1. The number of methoxy groups -OCH3 is 1. The molecule has 2 atom stereocenters. The Hall–Kier alpha value is -2.18. The summed E-state index contributed by atoms with van der Waals surface area (Å²) < 4.78 is 5.18. The summed E-state index contributed by atoms with van der Waals surface area (Å²) in [6, 6.07) is 14.6. The van der Waals surface area contributed by atoms with Gasteiger partial charge in [-0.05, 0) is 55.7 Å². The van der Waals surface area contributed by atoms with Crippen LogP contribution < -0.4 is 10.1 Å². The van der Waals surface area contributed by atoms with E-state index in [2.05, 4.69) is 5.32 Å². The van der Waals surface area contributed by atoms with Gasteiger partial charge in [-0.25, -0.2) is 0 Å². The summed E-state index contributed by atoms with van der Waals surface area (Å²) >= 11 is 7.52. The lowest BCUT2D eigenvalue weighted by Crippen LogP contribution is -2.50. The van der Waals surface area contributed by atoms with Gasteiger partial charge in [0.05, 0.1) is 12.9 Å². The van der Waals surface area contributed by atoms with Crippen molar-refractivity contribution in [1.82, 2.24) is 10.2 Å². The van der Waals surface area contributed by atoms with Gasteiger partial charge in [-0.3, -0.25) is 9.59 Å². The first-order valence-corrected chi connectivity index (χ1v) is 11.9. The van der Waals surface area contributed by atoms with Gasteiger partial charge in [-0.2, -0.15) is 0 Å². The molecule has 0 aliphatic rings. The van der Waals surface area contributed by atoms with Crippen molar-refractivity contribution in [2.75, 3.05) is 12.9 Å². The lowest BCUT2D eigenvalue weighted by Gasteiger charge is -2.29. The number of rotatable bonds is 11. The predicted molar refractivity (Wildman–Crippen MR) is 129 cm³/mol. The zero-order chi connectivity index (χ0) is 22.8. The van der Waals surface area contributed by atoms with E-state index in [4.69, 9.17) is 16.3 Å². The highest BCUT2D eigenvalue weighted by Gasteiger charge is 2.26. The summed E-state index contributed by atoms with van der Waals surface area (Å²) in [6.07, 6.45) is 0.835. The Balaban J connectivity index is 2.04. The van der Waals surface area contributed by atoms with Crippen LogP contribution in [0.5, 0.6) is 5.75 Å². The van der Waals surface area contributed by atoms with E-state index in [1.807, 2.05) is 50.2 Å². The van der Waals surface area contributed by atoms with Crippen LogP contribution in [0.4, 0.5) is 0 Å². The van der Waals surface area contributed by atoms with Crippen LogP contribution in [0.15, 0.2) is 48.5 Å². The van der Waals surface area contributed by atoms with Crippen molar-refractivity contribution in [3.63, 3.8) is 0 Å². The fourth-order valence-corrected chi connectivity index (χ4v) is 3.89. The molecule has 2 aromatic carbocycles. The summed E-state index contributed by atoms with van der Waals surface area (Å²) in [5.74, 6) is 1.59. The van der Waals surface area contributed by atoms with Crippen molar-refractivity contribution in [3.8, 4) is 5.75 Å².